The fraction of sp³-hybridized carbons (Fsp3) is 0.0714. The number of nitrogens with zero attached hydrogens (tertiary/aromatic N) is 2. The molecule has 0 aliphatic heterocycles. The number of nitro groups is 2. The van der Waals surface area contributed by atoms with Crippen LogP contribution in [0, 0.1) is 27.2 Å². The van der Waals surface area contributed by atoms with Crippen LogP contribution in [0.4, 0.5) is 17.1 Å². The normalized spacial score (nSPS) is 9.64. The van der Waals surface area contributed by atoms with Gasteiger partial charge in [0.25, 0.3) is 5.69 Å². The Kier molecular flexibility index (Phi) is 5.81. The summed E-state index contributed by atoms with van der Waals surface area (Å²) in [5.74, 6) is -2.02. The second kappa shape index (κ2) is 7.59. The van der Waals surface area contributed by atoms with Gasteiger partial charge in [-0.25, -0.2) is 4.79 Å². The number of nitrogens with two attached hydrogens (primary N) is 1. The number of nitro benzene ring substituents is 2. The van der Waals surface area contributed by atoms with E-state index < -0.39 is 38.6 Å². The fourth-order valence-corrected chi connectivity index (χ4v) is 1.70. The molecule has 0 saturated carbocycles. The van der Waals surface area contributed by atoms with Crippen LogP contribution in [0.1, 0.15) is 15.9 Å². The van der Waals surface area contributed by atoms with Crippen molar-refractivity contribution in [2.45, 2.75) is 6.92 Å². The molecule has 0 amide bonds. The average Bonchev–Trinajstić information content (AvgIpc) is 2.52. The number of hydrogen-bond acceptors (Lipinski definition) is 8. The summed E-state index contributed by atoms with van der Waals surface area (Å²) >= 11 is 0. The summed E-state index contributed by atoms with van der Waals surface area (Å²) in [6.45, 7) is 1.65. The first-order valence-electron chi connectivity index (χ1n) is 6.49. The number of phenols is 2. The Morgan fingerprint density at radius 3 is 2.12 bits per heavy atom. The monoisotopic (exact) mass is 351 g/mol. The molecule has 2 aromatic rings. The number of aromatic carboxylic acids is 1. The summed E-state index contributed by atoms with van der Waals surface area (Å²) < 4.78 is 0. The molecule has 0 fully saturated rings. The summed E-state index contributed by atoms with van der Waals surface area (Å²) in [5, 5.41) is 47.4. The van der Waals surface area contributed by atoms with Gasteiger partial charge in [0.1, 0.15) is 11.3 Å². The molecule has 132 valence electrons. The first-order chi connectivity index (χ1) is 11.6. The summed E-state index contributed by atoms with van der Waals surface area (Å²) in [6.07, 6.45) is 0. The van der Waals surface area contributed by atoms with E-state index in [0.717, 1.165) is 6.07 Å². The van der Waals surface area contributed by atoms with E-state index in [1.807, 2.05) is 0 Å². The Labute approximate surface area is 139 Å². The van der Waals surface area contributed by atoms with Crippen LogP contribution in [0.5, 0.6) is 11.5 Å². The summed E-state index contributed by atoms with van der Waals surface area (Å²) in [5.41, 5.74) is 3.95. The van der Waals surface area contributed by atoms with Gasteiger partial charge >= 0.3 is 11.7 Å². The zero-order valence-corrected chi connectivity index (χ0v) is 12.7. The maximum absolute atomic E-state index is 10.4. The Morgan fingerprint density at radius 2 is 1.68 bits per heavy atom. The van der Waals surface area contributed by atoms with Crippen molar-refractivity contribution in [3.05, 3.63) is 61.7 Å². The minimum atomic E-state index is -1.11. The molecule has 0 saturated heterocycles. The van der Waals surface area contributed by atoms with Gasteiger partial charge in [-0.3, -0.25) is 20.2 Å². The number of nitrogen functional groups attached to an aromatic ring is 1. The minimum absolute atomic E-state index is 0.0509. The van der Waals surface area contributed by atoms with Crippen molar-refractivity contribution in [2.75, 3.05) is 5.73 Å². The largest absolute Gasteiger partial charge is 0.507 e. The maximum atomic E-state index is 10.4. The first kappa shape index (κ1) is 19.2. The van der Waals surface area contributed by atoms with Gasteiger partial charge in [0.2, 0.25) is 5.75 Å². The Hall–Kier alpha value is -3.89. The van der Waals surface area contributed by atoms with Crippen LogP contribution in [0.2, 0.25) is 0 Å². The molecule has 0 bridgehead atoms. The van der Waals surface area contributed by atoms with Gasteiger partial charge in [0.05, 0.1) is 21.6 Å². The van der Waals surface area contributed by atoms with E-state index in [2.05, 4.69) is 0 Å². The van der Waals surface area contributed by atoms with Crippen LogP contribution >= 0.6 is 0 Å². The molecular formula is C14H13N3O8. The zero-order chi connectivity index (χ0) is 19.3. The molecule has 11 nitrogen and oxygen atoms in total. The topological polar surface area (TPSA) is 190 Å². The van der Waals surface area contributed by atoms with Crippen LogP contribution in [0.3, 0.4) is 0 Å². The van der Waals surface area contributed by atoms with Gasteiger partial charge in [-0.15, -0.1) is 0 Å². The molecule has 5 N–H and O–H groups in total. The minimum Gasteiger partial charge on any atom is -0.507 e. The smallest absolute Gasteiger partial charge is 0.339 e. The van der Waals surface area contributed by atoms with E-state index >= 15 is 0 Å². The van der Waals surface area contributed by atoms with E-state index in [0.29, 0.717) is 11.6 Å². The molecule has 0 spiro atoms. The predicted molar refractivity (Wildman–Crippen MR) is 85.6 cm³/mol. The van der Waals surface area contributed by atoms with E-state index in [1.54, 1.807) is 19.1 Å². The van der Waals surface area contributed by atoms with Gasteiger partial charge in [-0.1, -0.05) is 12.1 Å². The quantitative estimate of drug-likeness (QED) is 0.278. The number of para-hydroxylation sites is 1. The van der Waals surface area contributed by atoms with Gasteiger partial charge in [0, 0.05) is 6.07 Å². The third kappa shape index (κ3) is 4.54. The van der Waals surface area contributed by atoms with E-state index in [4.69, 9.17) is 15.9 Å². The number of non-ortho nitro benzene ring substituents is 1. The van der Waals surface area contributed by atoms with Gasteiger partial charge in [-0.2, -0.15) is 0 Å². The number of benzene rings is 2. The van der Waals surface area contributed by atoms with Crippen LogP contribution in [-0.2, 0) is 0 Å². The van der Waals surface area contributed by atoms with Crippen molar-refractivity contribution in [3.63, 3.8) is 0 Å². The van der Waals surface area contributed by atoms with Gasteiger partial charge < -0.3 is 21.1 Å². The van der Waals surface area contributed by atoms with Crippen molar-refractivity contribution in [1.82, 2.24) is 0 Å². The molecule has 25 heavy (non-hydrogen) atoms. The van der Waals surface area contributed by atoms with Crippen molar-refractivity contribution in [2.24, 2.45) is 0 Å². The summed E-state index contributed by atoms with van der Waals surface area (Å²) in [4.78, 5) is 29.2. The lowest BCUT2D eigenvalue weighted by Crippen LogP contribution is -1.96. The molecular weight excluding hydrogens is 338 g/mol. The number of rotatable bonds is 3. The average molecular weight is 351 g/mol. The number of carboxylic acid groups (broad SMARTS) is 1. The Balaban J connectivity index is 0.000000257. The second-order valence-electron chi connectivity index (χ2n) is 4.69. The summed E-state index contributed by atoms with van der Waals surface area (Å²) in [7, 11) is 0. The molecule has 2 aromatic carbocycles. The molecule has 0 aliphatic rings. The van der Waals surface area contributed by atoms with Crippen molar-refractivity contribution >= 4 is 23.0 Å². The standard InChI is InChI=1S/C8H8O3.C6H5N3O5/c1-5-3-2-4-6(7(5)9)8(10)11;7-4-1-3(8(11)12)2-5(6(4)10)9(13)14/h2-4,9H,1H3,(H,10,11);1-2,10H,7H2. The number of carbonyl (C=O) groups is 1. The molecule has 0 aliphatic carbocycles. The summed E-state index contributed by atoms with van der Waals surface area (Å²) in [6, 6.07) is 6.11. The SMILES string of the molecule is Cc1cccc(C(=O)O)c1O.Nc1cc([N+](=O)[O-])cc([N+](=O)[O-])c1O. The van der Waals surface area contributed by atoms with Gasteiger partial charge in [-0.05, 0) is 18.6 Å². The number of hydrogen-bond donors (Lipinski definition) is 4. The third-order valence-corrected chi connectivity index (χ3v) is 2.98. The van der Waals surface area contributed by atoms with Gasteiger partial charge in [0.15, 0.2) is 0 Å². The lowest BCUT2D eigenvalue weighted by Gasteiger charge is -2.00. The third-order valence-electron chi connectivity index (χ3n) is 2.98. The highest BCUT2D eigenvalue weighted by molar-refractivity contribution is 5.91. The number of anilines is 1. The van der Waals surface area contributed by atoms with Crippen molar-refractivity contribution in [1.29, 1.82) is 0 Å². The molecule has 0 aromatic heterocycles. The van der Waals surface area contributed by atoms with E-state index in [1.165, 1.54) is 6.07 Å². The Morgan fingerprint density at radius 1 is 1.08 bits per heavy atom. The number of aryl methyl sites for hydroxylation is 1. The van der Waals surface area contributed by atoms with Crippen molar-refractivity contribution in [3.8, 4) is 11.5 Å². The highest BCUT2D eigenvalue weighted by atomic mass is 16.6. The molecule has 0 atom stereocenters. The maximum Gasteiger partial charge on any atom is 0.339 e. The highest BCUT2D eigenvalue weighted by Gasteiger charge is 2.22. The lowest BCUT2D eigenvalue weighted by atomic mass is 10.1. The number of carboxylic acids is 1. The van der Waals surface area contributed by atoms with E-state index in [9.17, 15) is 30.1 Å². The van der Waals surface area contributed by atoms with E-state index in [-0.39, 0.29) is 11.3 Å². The van der Waals surface area contributed by atoms with Crippen LogP contribution < -0.4 is 5.73 Å². The molecule has 2 rings (SSSR count). The number of aromatic hydroxyl groups is 2. The number of phenolic OH excluding ortho intramolecular Hbond substituents is 1. The fourth-order valence-electron chi connectivity index (χ4n) is 1.70. The highest BCUT2D eigenvalue weighted by Crippen LogP contribution is 2.35. The Bertz CT molecular complexity index is 850. The second-order valence-corrected chi connectivity index (χ2v) is 4.69. The van der Waals surface area contributed by atoms with Crippen molar-refractivity contribution < 1.29 is 30.0 Å². The zero-order valence-electron chi connectivity index (χ0n) is 12.7. The molecule has 0 radical (unpaired) electrons. The lowest BCUT2D eigenvalue weighted by molar-refractivity contribution is -0.394. The predicted octanol–water partition coefficient (Wildman–Crippen LogP) is 2.19. The van der Waals surface area contributed by atoms with Crippen LogP contribution in [0.15, 0.2) is 30.3 Å². The first-order valence-corrected chi connectivity index (χ1v) is 6.49. The molecule has 0 heterocycles. The van der Waals surface area contributed by atoms with Crippen LogP contribution in [-0.4, -0.2) is 31.1 Å². The molecule has 11 heteroatoms. The molecule has 0 unspecified atom stereocenters. The van der Waals surface area contributed by atoms with Crippen LogP contribution in [0.25, 0.3) is 0 Å².